The first kappa shape index (κ1) is 32.4. The maximum Gasteiger partial charge on any atom is 0.262 e. The van der Waals surface area contributed by atoms with Crippen molar-refractivity contribution < 1.29 is 23.6 Å². The van der Waals surface area contributed by atoms with E-state index in [1.807, 2.05) is 6.07 Å². The first-order valence-electron chi connectivity index (χ1n) is 17.2. The zero-order valence-electron chi connectivity index (χ0n) is 28.0. The molecule has 3 aromatic rings. The van der Waals surface area contributed by atoms with Crippen molar-refractivity contribution in [2.24, 2.45) is 5.92 Å². The summed E-state index contributed by atoms with van der Waals surface area (Å²) in [6.07, 6.45) is 2.45. The second kappa shape index (κ2) is 12.7. The summed E-state index contributed by atoms with van der Waals surface area (Å²) in [5.74, 6) is -1.41. The van der Waals surface area contributed by atoms with Gasteiger partial charge in [-0.05, 0) is 71.9 Å². The average Bonchev–Trinajstić information content (AvgIpc) is 3.30. The van der Waals surface area contributed by atoms with E-state index in [1.54, 1.807) is 12.1 Å². The topological polar surface area (TPSA) is 99.3 Å². The minimum Gasteiger partial charge on any atom is -0.407 e. The molecule has 0 bridgehead atoms. The van der Waals surface area contributed by atoms with Crippen LogP contribution in [0.15, 0.2) is 78.9 Å². The van der Waals surface area contributed by atoms with Crippen LogP contribution in [0.2, 0.25) is 5.04 Å². The number of hydrogen-bond acceptors (Lipinski definition) is 7. The highest BCUT2D eigenvalue weighted by atomic mass is 28.4. The molecule has 1 unspecified atom stereocenters. The summed E-state index contributed by atoms with van der Waals surface area (Å²) in [6, 6.07) is 26.5. The Kier molecular flexibility index (Phi) is 8.59. The molecule has 4 amide bonds. The summed E-state index contributed by atoms with van der Waals surface area (Å²) in [4.78, 5) is 56.2. The highest BCUT2D eigenvalue weighted by Crippen LogP contribution is 2.38. The Labute approximate surface area is 283 Å². The molecule has 4 aliphatic rings. The van der Waals surface area contributed by atoms with Crippen LogP contribution in [0.3, 0.4) is 0 Å². The molecule has 0 radical (unpaired) electrons. The fourth-order valence-corrected chi connectivity index (χ4v) is 12.7. The van der Waals surface area contributed by atoms with Crippen molar-refractivity contribution in [1.82, 2.24) is 15.1 Å². The summed E-state index contributed by atoms with van der Waals surface area (Å²) in [7, 11) is -2.55. The van der Waals surface area contributed by atoms with Gasteiger partial charge in [-0.25, -0.2) is 0 Å². The number of hydrogen-bond donors (Lipinski definition) is 1. The number of anilines is 1. The number of fused-ring (bicyclic) bond motifs is 1. The van der Waals surface area contributed by atoms with Gasteiger partial charge in [-0.3, -0.25) is 34.3 Å². The Bertz CT molecular complexity index is 1670. The normalized spacial score (nSPS) is 21.4. The Morgan fingerprint density at radius 3 is 1.98 bits per heavy atom. The molecule has 7 rings (SSSR count). The molecule has 9 nitrogen and oxygen atoms in total. The Hall–Kier alpha value is -4.12. The number of carbonyl (C=O) groups is 4. The van der Waals surface area contributed by atoms with Crippen molar-refractivity contribution >= 4 is 48.0 Å². The molecule has 3 saturated heterocycles. The predicted octanol–water partition coefficient (Wildman–Crippen LogP) is 3.57. The van der Waals surface area contributed by atoms with E-state index in [1.165, 1.54) is 10.4 Å². The molecule has 0 spiro atoms. The van der Waals surface area contributed by atoms with Crippen molar-refractivity contribution in [1.29, 1.82) is 0 Å². The van der Waals surface area contributed by atoms with Gasteiger partial charge in [0, 0.05) is 37.8 Å². The Morgan fingerprint density at radius 2 is 1.40 bits per heavy atom. The molecule has 0 saturated carbocycles. The van der Waals surface area contributed by atoms with E-state index in [-0.39, 0.29) is 23.8 Å². The number of imide groups is 2. The lowest BCUT2D eigenvalue weighted by atomic mass is 9.94. The maximum absolute atomic E-state index is 13.3. The smallest absolute Gasteiger partial charge is 0.262 e. The van der Waals surface area contributed by atoms with Gasteiger partial charge in [-0.1, -0.05) is 81.4 Å². The number of piperidine rings is 2. The number of amides is 4. The third-order valence-corrected chi connectivity index (χ3v) is 15.8. The van der Waals surface area contributed by atoms with Crippen molar-refractivity contribution in [3.63, 3.8) is 0 Å². The third kappa shape index (κ3) is 5.69. The lowest BCUT2D eigenvalue weighted by molar-refractivity contribution is -0.136. The summed E-state index contributed by atoms with van der Waals surface area (Å²) in [5, 5.41) is 4.85. The van der Waals surface area contributed by atoms with Crippen molar-refractivity contribution in [2.45, 2.75) is 63.6 Å². The fraction of sp³-hybridized carbons (Fsp3) is 0.421. The molecule has 3 aromatic carbocycles. The lowest BCUT2D eigenvalue weighted by Gasteiger charge is -2.49. The zero-order chi connectivity index (χ0) is 33.6. The fourth-order valence-electron chi connectivity index (χ4n) is 8.04. The molecule has 1 N–H and O–H groups in total. The molecule has 48 heavy (non-hydrogen) atoms. The monoisotopic (exact) mass is 664 g/mol. The van der Waals surface area contributed by atoms with E-state index in [2.05, 4.69) is 96.6 Å². The van der Waals surface area contributed by atoms with E-state index in [0.717, 1.165) is 56.2 Å². The van der Waals surface area contributed by atoms with Gasteiger partial charge in [0.05, 0.1) is 11.1 Å². The molecule has 250 valence electrons. The standard InChI is InChI=1S/C38H44N4O5Si/c1-38(2,3)48(29-10-6-4-7-11-29,30-12-8-5-9-13-30)47-25-26-18-20-40(21-19-26)28-23-41(24-28)27-14-15-31-32(22-27)37(46)42(36(31)45)33-16-17-34(43)39-35(33)44/h4-15,22,26,28,33H,16-21,23-25H2,1-3H3,(H,39,43,44). The molecular formula is C38H44N4O5Si. The molecule has 0 aromatic heterocycles. The maximum atomic E-state index is 13.3. The van der Waals surface area contributed by atoms with Crippen LogP contribution >= 0.6 is 0 Å². The number of likely N-dealkylation sites (tertiary alicyclic amines) is 1. The summed E-state index contributed by atoms with van der Waals surface area (Å²) < 4.78 is 7.25. The highest BCUT2D eigenvalue weighted by Gasteiger charge is 2.51. The van der Waals surface area contributed by atoms with E-state index < -0.39 is 32.1 Å². The molecule has 3 fully saturated rings. The molecule has 4 aliphatic heterocycles. The number of nitrogens with zero attached hydrogens (tertiary/aromatic N) is 3. The van der Waals surface area contributed by atoms with Crippen LogP contribution < -0.4 is 20.6 Å². The zero-order valence-corrected chi connectivity index (χ0v) is 29.0. The Balaban J connectivity index is 0.959. The SMILES string of the molecule is CC(C)(C)[Si](OCC1CCN(C2CN(c3ccc4c(c3)C(=O)N(C3CCC(=O)NC3=O)C4=O)C2)CC1)(c1ccccc1)c1ccccc1. The quantitative estimate of drug-likeness (QED) is 0.291. The van der Waals surface area contributed by atoms with Crippen LogP contribution in [-0.4, -0.2) is 86.6 Å². The van der Waals surface area contributed by atoms with Gasteiger partial charge in [-0.2, -0.15) is 0 Å². The largest absolute Gasteiger partial charge is 0.407 e. The second-order valence-electron chi connectivity index (χ2n) is 14.7. The molecular weight excluding hydrogens is 621 g/mol. The lowest BCUT2D eigenvalue weighted by Crippen LogP contribution is -2.67. The van der Waals surface area contributed by atoms with Gasteiger partial charge in [0.2, 0.25) is 11.8 Å². The second-order valence-corrected chi connectivity index (χ2v) is 19.0. The highest BCUT2D eigenvalue weighted by molar-refractivity contribution is 6.99. The van der Waals surface area contributed by atoms with Crippen LogP contribution in [-0.2, 0) is 14.0 Å². The molecule has 10 heteroatoms. The van der Waals surface area contributed by atoms with E-state index in [9.17, 15) is 19.2 Å². The number of nitrogens with one attached hydrogen (secondary N) is 1. The van der Waals surface area contributed by atoms with Crippen LogP contribution in [0.5, 0.6) is 0 Å². The summed E-state index contributed by atoms with van der Waals surface area (Å²) in [5.41, 5.74) is 1.55. The van der Waals surface area contributed by atoms with E-state index in [0.29, 0.717) is 23.1 Å². The number of benzene rings is 3. The van der Waals surface area contributed by atoms with Crippen molar-refractivity contribution in [3.8, 4) is 0 Å². The molecule has 0 aliphatic carbocycles. The van der Waals surface area contributed by atoms with Crippen LogP contribution in [0.4, 0.5) is 5.69 Å². The van der Waals surface area contributed by atoms with Gasteiger partial charge < -0.3 is 9.33 Å². The van der Waals surface area contributed by atoms with Gasteiger partial charge >= 0.3 is 0 Å². The minimum atomic E-state index is -2.55. The third-order valence-electron chi connectivity index (χ3n) is 10.8. The van der Waals surface area contributed by atoms with Gasteiger partial charge in [0.15, 0.2) is 0 Å². The van der Waals surface area contributed by atoms with E-state index >= 15 is 0 Å². The van der Waals surface area contributed by atoms with Gasteiger partial charge in [0.25, 0.3) is 20.1 Å². The molecule has 4 heterocycles. The van der Waals surface area contributed by atoms with E-state index in [4.69, 9.17) is 4.43 Å². The van der Waals surface area contributed by atoms with Gasteiger partial charge in [-0.15, -0.1) is 0 Å². The summed E-state index contributed by atoms with van der Waals surface area (Å²) in [6.45, 7) is 11.5. The average molecular weight is 665 g/mol. The number of carbonyl (C=O) groups excluding carboxylic acids is 4. The Morgan fingerprint density at radius 1 is 0.792 bits per heavy atom. The molecule has 1 atom stereocenters. The first-order chi connectivity index (χ1) is 23.1. The van der Waals surface area contributed by atoms with Crippen molar-refractivity contribution in [3.05, 3.63) is 90.0 Å². The van der Waals surface area contributed by atoms with Crippen molar-refractivity contribution in [2.75, 3.05) is 37.7 Å². The van der Waals surface area contributed by atoms with Crippen LogP contribution in [0.25, 0.3) is 0 Å². The number of rotatable bonds is 8. The van der Waals surface area contributed by atoms with Crippen LogP contribution in [0, 0.1) is 5.92 Å². The summed E-state index contributed by atoms with van der Waals surface area (Å²) >= 11 is 0. The van der Waals surface area contributed by atoms with Gasteiger partial charge in [0.1, 0.15) is 6.04 Å². The minimum absolute atomic E-state index is 0.0372. The predicted molar refractivity (Wildman–Crippen MR) is 187 cm³/mol. The van der Waals surface area contributed by atoms with Crippen LogP contribution in [0.1, 0.15) is 67.2 Å². The first-order valence-corrected chi connectivity index (χ1v) is 19.1.